The van der Waals surface area contributed by atoms with Crippen molar-refractivity contribution in [2.75, 3.05) is 0 Å². The van der Waals surface area contributed by atoms with Gasteiger partial charge in [0.1, 0.15) is 0 Å². The first-order valence-electron chi connectivity index (χ1n) is 28.4. The summed E-state index contributed by atoms with van der Waals surface area (Å²) in [5.74, 6) is 0. The molecule has 0 radical (unpaired) electrons. The molecule has 6 heterocycles. The Morgan fingerprint density at radius 3 is 0.866 bits per heavy atom. The fourth-order valence-corrected chi connectivity index (χ4v) is 15.0. The average Bonchev–Trinajstić information content (AvgIpc) is 1.86. The predicted molar refractivity (Wildman–Crippen MR) is 346 cm³/mol. The van der Waals surface area contributed by atoms with Crippen molar-refractivity contribution >= 4 is 120 Å². The van der Waals surface area contributed by atoms with Crippen molar-refractivity contribution in [3.05, 3.63) is 279 Å². The van der Waals surface area contributed by atoms with Crippen LogP contribution in [0.25, 0.3) is 176 Å². The van der Waals surface area contributed by atoms with Crippen molar-refractivity contribution in [1.82, 2.24) is 17.9 Å². The van der Waals surface area contributed by atoms with E-state index in [1.807, 2.05) is 0 Å². The van der Waals surface area contributed by atoms with E-state index >= 15 is 0 Å². The molecule has 0 aliphatic carbocycles. The Balaban J connectivity index is 0.921. The van der Waals surface area contributed by atoms with E-state index in [4.69, 9.17) is 0 Å². The molecule has 0 spiro atoms. The van der Waals surface area contributed by atoms with Crippen molar-refractivity contribution in [3.63, 3.8) is 0 Å². The molecule has 0 aliphatic heterocycles. The number of hydrogen-bond donors (Lipinski definition) is 0. The van der Waals surface area contributed by atoms with Crippen LogP contribution in [0.5, 0.6) is 0 Å². The standard InChI is InChI=1S/C78H46N4/c1-3-21-47(22-4-1)51-31-19-39-67(79-61-33-13-7-25-53(61)54-26-8-14-34-62(54)79)71(51)49-41-43-59-69(45-49)81-65-37-17-11-29-57(65)74-76-60-44-42-50(46-70(60)82-66-38-18-12-30-58(66)73(78(76)82)75(59)77(74)81)72-52(48-23-5-2-6-24-48)32-20-40-68(72)80-63-35-15-9-27-55(63)56-28-10-16-36-64(56)80/h1-46H. The minimum absolute atomic E-state index is 1.16. The zero-order valence-corrected chi connectivity index (χ0v) is 44.3. The molecule has 19 rings (SSSR count). The summed E-state index contributed by atoms with van der Waals surface area (Å²) >= 11 is 0. The van der Waals surface area contributed by atoms with Crippen LogP contribution in [0.15, 0.2) is 279 Å². The minimum Gasteiger partial charge on any atom is -0.309 e. The van der Waals surface area contributed by atoms with Crippen LogP contribution in [0.2, 0.25) is 0 Å². The lowest BCUT2D eigenvalue weighted by Gasteiger charge is -2.19. The van der Waals surface area contributed by atoms with Gasteiger partial charge in [0.05, 0.1) is 66.5 Å². The number of para-hydroxylation sites is 6. The molecule has 82 heavy (non-hydrogen) atoms. The van der Waals surface area contributed by atoms with Gasteiger partial charge in [-0.3, -0.25) is 0 Å². The lowest BCUT2D eigenvalue weighted by molar-refractivity contribution is 1.18. The Bertz CT molecular complexity index is 5400. The first-order chi connectivity index (χ1) is 40.8. The van der Waals surface area contributed by atoms with E-state index < -0.39 is 0 Å². The Kier molecular flexibility index (Phi) is 8.76. The van der Waals surface area contributed by atoms with Crippen LogP contribution < -0.4 is 0 Å². The van der Waals surface area contributed by atoms with Crippen LogP contribution in [0.1, 0.15) is 0 Å². The minimum atomic E-state index is 1.16. The fourth-order valence-electron chi connectivity index (χ4n) is 15.0. The van der Waals surface area contributed by atoms with Gasteiger partial charge in [0.2, 0.25) is 0 Å². The van der Waals surface area contributed by atoms with Crippen LogP contribution in [0.4, 0.5) is 0 Å². The lowest BCUT2D eigenvalue weighted by atomic mass is 9.91. The Morgan fingerprint density at radius 1 is 0.195 bits per heavy atom. The molecular weight excluding hydrogens is 993 g/mol. The zero-order chi connectivity index (χ0) is 53.3. The van der Waals surface area contributed by atoms with E-state index in [1.165, 1.54) is 164 Å². The molecule has 378 valence electrons. The van der Waals surface area contributed by atoms with Gasteiger partial charge in [0, 0.05) is 75.8 Å². The highest BCUT2D eigenvalue weighted by molar-refractivity contribution is 6.45. The smallest absolute Gasteiger partial charge is 0.0634 e. The number of nitrogens with zero attached hydrogens (tertiary/aromatic N) is 4. The Labute approximate surface area is 470 Å². The van der Waals surface area contributed by atoms with Gasteiger partial charge in [-0.2, -0.15) is 0 Å². The monoisotopic (exact) mass is 1040 g/mol. The first-order valence-corrected chi connectivity index (χ1v) is 28.4. The summed E-state index contributed by atoms with van der Waals surface area (Å²) in [6.45, 7) is 0. The van der Waals surface area contributed by atoms with Gasteiger partial charge in [-0.05, 0) is 94.0 Å². The molecule has 0 fully saturated rings. The number of rotatable bonds is 6. The van der Waals surface area contributed by atoms with Crippen molar-refractivity contribution in [3.8, 4) is 55.9 Å². The maximum absolute atomic E-state index is 2.60. The van der Waals surface area contributed by atoms with Gasteiger partial charge >= 0.3 is 0 Å². The molecule has 0 N–H and O–H groups in total. The van der Waals surface area contributed by atoms with Crippen LogP contribution >= 0.6 is 0 Å². The molecule has 19 aromatic rings. The highest BCUT2D eigenvalue weighted by Gasteiger charge is 2.30. The highest BCUT2D eigenvalue weighted by Crippen LogP contribution is 2.54. The highest BCUT2D eigenvalue weighted by atomic mass is 15.0. The summed E-state index contributed by atoms with van der Waals surface area (Å²) in [4.78, 5) is 0. The predicted octanol–water partition coefficient (Wildman–Crippen LogP) is 20.8. The second kappa shape index (κ2) is 16.3. The summed E-state index contributed by atoms with van der Waals surface area (Å²) in [6, 6.07) is 104. The van der Waals surface area contributed by atoms with Gasteiger partial charge in [0.25, 0.3) is 0 Å². The summed E-state index contributed by atoms with van der Waals surface area (Å²) < 4.78 is 10.2. The molecular formula is C78H46N4. The van der Waals surface area contributed by atoms with E-state index in [1.54, 1.807) is 0 Å². The van der Waals surface area contributed by atoms with E-state index in [0.717, 1.165) is 11.4 Å². The van der Waals surface area contributed by atoms with Crippen LogP contribution in [0, 0.1) is 0 Å². The van der Waals surface area contributed by atoms with E-state index in [-0.39, 0.29) is 0 Å². The maximum Gasteiger partial charge on any atom is 0.0634 e. The molecule has 0 saturated heterocycles. The van der Waals surface area contributed by atoms with E-state index in [0.29, 0.717) is 0 Å². The van der Waals surface area contributed by atoms with Gasteiger partial charge in [-0.1, -0.05) is 218 Å². The van der Waals surface area contributed by atoms with Gasteiger partial charge in [0.15, 0.2) is 0 Å². The average molecular weight is 1040 g/mol. The largest absolute Gasteiger partial charge is 0.309 e. The second-order valence-electron chi connectivity index (χ2n) is 22.2. The number of aromatic nitrogens is 4. The van der Waals surface area contributed by atoms with E-state index in [2.05, 4.69) is 297 Å². The van der Waals surface area contributed by atoms with Crippen molar-refractivity contribution in [1.29, 1.82) is 0 Å². The topological polar surface area (TPSA) is 18.7 Å². The summed E-state index contributed by atoms with van der Waals surface area (Å²) in [5, 5.41) is 15.2. The molecule has 4 heteroatoms. The third kappa shape index (κ3) is 5.69. The Morgan fingerprint density at radius 2 is 0.500 bits per heavy atom. The van der Waals surface area contributed by atoms with Crippen molar-refractivity contribution in [2.24, 2.45) is 0 Å². The maximum atomic E-state index is 2.60. The van der Waals surface area contributed by atoms with Crippen molar-refractivity contribution < 1.29 is 0 Å². The van der Waals surface area contributed by atoms with Crippen molar-refractivity contribution in [2.45, 2.75) is 0 Å². The summed E-state index contributed by atoms with van der Waals surface area (Å²) in [5.41, 5.74) is 24.0. The van der Waals surface area contributed by atoms with Crippen LogP contribution in [0.3, 0.4) is 0 Å². The molecule has 0 amide bonds. The quantitative estimate of drug-likeness (QED) is 0.158. The van der Waals surface area contributed by atoms with Crippen LogP contribution in [-0.2, 0) is 0 Å². The van der Waals surface area contributed by atoms with Gasteiger partial charge < -0.3 is 17.9 Å². The molecule has 0 atom stereocenters. The molecule has 6 aromatic heterocycles. The van der Waals surface area contributed by atoms with Gasteiger partial charge in [-0.15, -0.1) is 0 Å². The third-order valence-corrected chi connectivity index (χ3v) is 18.2. The fraction of sp³-hybridized carbons (Fsp3) is 0. The SMILES string of the molecule is c1ccc(-c2cccc(-n3c4ccccc4c4ccccc43)c2-c2ccc3c4c5c6ccccc6n6c7cc(-c8c(-c9ccccc9)cccc8-n8c9ccccc9c9ccccc98)ccc7c(c7c8ccccc8n(c3c2)c74)c56)cc1. The number of hydrogen-bond acceptors (Lipinski definition) is 0. The Hall–Kier alpha value is -10.9. The second-order valence-corrected chi connectivity index (χ2v) is 22.2. The number of fused-ring (bicyclic) bond motifs is 20. The molecule has 0 saturated carbocycles. The van der Waals surface area contributed by atoms with E-state index in [9.17, 15) is 0 Å². The first kappa shape index (κ1) is 44.0. The molecule has 0 aliphatic rings. The molecule has 0 unspecified atom stereocenters. The lowest BCUT2D eigenvalue weighted by Crippen LogP contribution is -1.99. The normalized spacial score (nSPS) is 12.4. The molecule has 0 bridgehead atoms. The summed E-state index contributed by atoms with van der Waals surface area (Å²) in [6.07, 6.45) is 0. The third-order valence-electron chi connectivity index (χ3n) is 18.2. The molecule has 13 aromatic carbocycles. The van der Waals surface area contributed by atoms with Gasteiger partial charge in [-0.25, -0.2) is 0 Å². The molecule has 4 nitrogen and oxygen atoms in total. The number of benzene rings is 13. The summed E-state index contributed by atoms with van der Waals surface area (Å²) in [7, 11) is 0. The zero-order valence-electron chi connectivity index (χ0n) is 44.3. The van der Waals surface area contributed by atoms with Crippen LogP contribution in [-0.4, -0.2) is 17.9 Å².